The van der Waals surface area contributed by atoms with Crippen molar-refractivity contribution in [3.05, 3.63) is 64.7 Å². The summed E-state index contributed by atoms with van der Waals surface area (Å²) in [5, 5.41) is 12.6. The van der Waals surface area contributed by atoms with Crippen molar-refractivity contribution >= 4 is 17.4 Å². The second kappa shape index (κ2) is 6.71. The monoisotopic (exact) mass is 326 g/mol. The molecule has 0 N–H and O–H groups in total. The number of aryl methyl sites for hydroxylation is 1. The third-order valence-corrected chi connectivity index (χ3v) is 3.86. The second-order valence-electron chi connectivity index (χ2n) is 5.10. The molecule has 3 rings (SSSR count). The van der Waals surface area contributed by atoms with E-state index in [1.165, 1.54) is 10.4 Å². The number of Topliss-reactive ketones (excluding diaryl/α,β-unsaturated/α-hetero) is 1. The fourth-order valence-electron chi connectivity index (χ4n) is 2.22. The number of tetrazole rings is 1. The number of halogens is 1. The number of carbonyl (C=O) groups is 1. The van der Waals surface area contributed by atoms with Gasteiger partial charge in [0, 0.05) is 11.1 Å². The fourth-order valence-corrected chi connectivity index (χ4v) is 2.46. The number of ketones is 1. The van der Waals surface area contributed by atoms with E-state index in [9.17, 15) is 4.79 Å². The molecule has 0 aliphatic carbocycles. The van der Waals surface area contributed by atoms with Gasteiger partial charge in [0.05, 0.1) is 5.02 Å². The van der Waals surface area contributed by atoms with Gasteiger partial charge in [0.1, 0.15) is 6.54 Å². The predicted octanol–water partition coefficient (Wildman–Crippen LogP) is 3.44. The molecule has 0 saturated carbocycles. The third kappa shape index (κ3) is 3.46. The predicted molar refractivity (Wildman–Crippen MR) is 88.4 cm³/mol. The molecular weight excluding hydrogens is 312 g/mol. The topological polar surface area (TPSA) is 60.7 Å². The number of rotatable bonds is 5. The lowest BCUT2D eigenvalue weighted by atomic mass is 10.1. The van der Waals surface area contributed by atoms with Gasteiger partial charge in [-0.25, -0.2) is 0 Å². The maximum Gasteiger partial charge on any atom is 0.204 e. The van der Waals surface area contributed by atoms with Crippen LogP contribution in [-0.2, 0) is 13.0 Å². The smallest absolute Gasteiger partial charge is 0.204 e. The first kappa shape index (κ1) is 15.4. The zero-order valence-corrected chi connectivity index (χ0v) is 13.4. The zero-order valence-electron chi connectivity index (χ0n) is 12.6. The highest BCUT2D eigenvalue weighted by Gasteiger charge is 2.13. The molecule has 1 aromatic heterocycles. The minimum absolute atomic E-state index is 0.00375. The molecule has 0 radical (unpaired) electrons. The Balaban J connectivity index is 1.76. The normalized spacial score (nSPS) is 10.7. The summed E-state index contributed by atoms with van der Waals surface area (Å²) in [4.78, 5) is 13.5. The van der Waals surface area contributed by atoms with Crippen LogP contribution < -0.4 is 0 Å². The summed E-state index contributed by atoms with van der Waals surface area (Å²) in [5.41, 5.74) is 2.58. The van der Waals surface area contributed by atoms with Gasteiger partial charge in [-0.15, -0.1) is 10.2 Å². The lowest BCUT2D eigenvalue weighted by Crippen LogP contribution is -2.13. The van der Waals surface area contributed by atoms with E-state index in [0.717, 1.165) is 12.0 Å². The molecule has 0 saturated heterocycles. The third-order valence-electron chi connectivity index (χ3n) is 3.53. The van der Waals surface area contributed by atoms with Crippen LogP contribution in [0.15, 0.2) is 48.5 Å². The van der Waals surface area contributed by atoms with Gasteiger partial charge in [-0.1, -0.05) is 54.9 Å². The maximum absolute atomic E-state index is 12.3. The van der Waals surface area contributed by atoms with E-state index < -0.39 is 0 Å². The first-order chi connectivity index (χ1) is 11.2. The van der Waals surface area contributed by atoms with Crippen LogP contribution in [0.3, 0.4) is 0 Å². The van der Waals surface area contributed by atoms with Crippen molar-refractivity contribution in [2.45, 2.75) is 19.9 Å². The quantitative estimate of drug-likeness (QED) is 0.674. The first-order valence-electron chi connectivity index (χ1n) is 7.32. The molecule has 23 heavy (non-hydrogen) atoms. The average Bonchev–Trinajstić information content (AvgIpc) is 3.03. The molecule has 0 bridgehead atoms. The lowest BCUT2D eigenvalue weighted by molar-refractivity contribution is 0.0961. The van der Waals surface area contributed by atoms with Crippen molar-refractivity contribution in [1.29, 1.82) is 0 Å². The van der Waals surface area contributed by atoms with Gasteiger partial charge >= 0.3 is 0 Å². The molecule has 3 aromatic rings. The average molecular weight is 327 g/mol. The second-order valence-corrected chi connectivity index (χ2v) is 5.50. The van der Waals surface area contributed by atoms with Gasteiger partial charge in [0.25, 0.3) is 0 Å². The number of hydrogen-bond acceptors (Lipinski definition) is 4. The van der Waals surface area contributed by atoms with Gasteiger partial charge in [0.2, 0.25) is 5.82 Å². The van der Waals surface area contributed by atoms with E-state index in [0.29, 0.717) is 16.4 Å². The number of aromatic nitrogens is 4. The van der Waals surface area contributed by atoms with Gasteiger partial charge in [-0.2, -0.15) is 4.80 Å². The van der Waals surface area contributed by atoms with Crippen molar-refractivity contribution < 1.29 is 4.79 Å². The summed E-state index contributed by atoms with van der Waals surface area (Å²) in [6.07, 6.45) is 0.979. The van der Waals surface area contributed by atoms with E-state index in [2.05, 4.69) is 22.3 Å². The Bertz CT molecular complexity index is 827. The van der Waals surface area contributed by atoms with E-state index in [1.54, 1.807) is 24.3 Å². The zero-order chi connectivity index (χ0) is 16.2. The molecule has 2 aromatic carbocycles. The highest BCUT2D eigenvalue weighted by molar-refractivity contribution is 6.33. The molecule has 0 atom stereocenters. The Morgan fingerprint density at radius 3 is 2.57 bits per heavy atom. The Morgan fingerprint density at radius 1 is 1.13 bits per heavy atom. The van der Waals surface area contributed by atoms with Crippen LogP contribution in [0.4, 0.5) is 0 Å². The molecule has 0 amide bonds. The molecule has 1 heterocycles. The summed E-state index contributed by atoms with van der Waals surface area (Å²) < 4.78 is 0. The minimum atomic E-state index is -0.152. The SMILES string of the molecule is CCc1ccc(-c2nnn(CC(=O)c3ccccc3Cl)n2)cc1. The van der Waals surface area contributed by atoms with Gasteiger partial charge < -0.3 is 0 Å². The maximum atomic E-state index is 12.3. The van der Waals surface area contributed by atoms with Crippen molar-refractivity contribution in [3.8, 4) is 11.4 Å². The number of benzene rings is 2. The molecule has 6 heteroatoms. The van der Waals surface area contributed by atoms with Crippen LogP contribution in [0.1, 0.15) is 22.8 Å². The minimum Gasteiger partial charge on any atom is -0.292 e. The Labute approximate surface area is 138 Å². The summed E-state index contributed by atoms with van der Waals surface area (Å²) in [6.45, 7) is 2.10. The van der Waals surface area contributed by atoms with E-state index in [1.807, 2.05) is 24.3 Å². The van der Waals surface area contributed by atoms with Crippen LogP contribution in [0, 0.1) is 0 Å². The standard InChI is InChI=1S/C17H15ClN4O/c1-2-12-7-9-13(10-8-12)17-19-21-22(20-17)11-16(23)14-5-3-4-6-15(14)18/h3-10H,2,11H2,1H3. The summed E-state index contributed by atoms with van der Waals surface area (Å²) in [7, 11) is 0. The Kier molecular flexibility index (Phi) is 4.48. The van der Waals surface area contributed by atoms with E-state index >= 15 is 0 Å². The molecule has 0 aliphatic rings. The van der Waals surface area contributed by atoms with Crippen LogP contribution in [0.25, 0.3) is 11.4 Å². The van der Waals surface area contributed by atoms with Gasteiger partial charge in [-0.05, 0) is 29.3 Å². The molecule has 116 valence electrons. The summed E-state index contributed by atoms with van der Waals surface area (Å²) in [6, 6.07) is 14.9. The van der Waals surface area contributed by atoms with Crippen molar-refractivity contribution in [2.24, 2.45) is 0 Å². The van der Waals surface area contributed by atoms with Crippen LogP contribution in [0.2, 0.25) is 5.02 Å². The number of carbonyl (C=O) groups excluding carboxylic acids is 1. The highest BCUT2D eigenvalue weighted by Crippen LogP contribution is 2.17. The van der Waals surface area contributed by atoms with Gasteiger partial charge in [0.15, 0.2) is 5.78 Å². The van der Waals surface area contributed by atoms with Crippen molar-refractivity contribution in [3.63, 3.8) is 0 Å². The van der Waals surface area contributed by atoms with E-state index in [4.69, 9.17) is 11.6 Å². The molecular formula is C17H15ClN4O. The van der Waals surface area contributed by atoms with Crippen molar-refractivity contribution in [2.75, 3.05) is 0 Å². The lowest BCUT2D eigenvalue weighted by Gasteiger charge is -2.01. The first-order valence-corrected chi connectivity index (χ1v) is 7.70. The Morgan fingerprint density at radius 2 is 1.87 bits per heavy atom. The van der Waals surface area contributed by atoms with Crippen LogP contribution >= 0.6 is 11.6 Å². The summed E-state index contributed by atoms with van der Waals surface area (Å²) >= 11 is 6.03. The molecule has 0 unspecified atom stereocenters. The summed E-state index contributed by atoms with van der Waals surface area (Å²) in [5.74, 6) is 0.348. The largest absolute Gasteiger partial charge is 0.292 e. The fraction of sp³-hybridized carbons (Fsp3) is 0.176. The highest BCUT2D eigenvalue weighted by atomic mass is 35.5. The van der Waals surface area contributed by atoms with Crippen LogP contribution in [0.5, 0.6) is 0 Å². The van der Waals surface area contributed by atoms with Crippen LogP contribution in [-0.4, -0.2) is 26.0 Å². The van der Waals surface area contributed by atoms with Gasteiger partial charge in [-0.3, -0.25) is 4.79 Å². The number of nitrogens with zero attached hydrogens (tertiary/aromatic N) is 4. The number of hydrogen-bond donors (Lipinski definition) is 0. The molecule has 0 spiro atoms. The molecule has 0 fully saturated rings. The molecule has 0 aliphatic heterocycles. The Hall–Kier alpha value is -2.53. The van der Waals surface area contributed by atoms with Crippen molar-refractivity contribution in [1.82, 2.24) is 20.2 Å². The van der Waals surface area contributed by atoms with E-state index in [-0.39, 0.29) is 12.3 Å². The molecule has 5 nitrogen and oxygen atoms in total.